The Hall–Kier alpha value is -2.92. The summed E-state index contributed by atoms with van der Waals surface area (Å²) in [6, 6.07) is 19.5. The van der Waals surface area contributed by atoms with Gasteiger partial charge in [-0.2, -0.15) is 0 Å². The fourth-order valence-corrected chi connectivity index (χ4v) is 3.89. The quantitative estimate of drug-likeness (QED) is 0.593. The Balaban J connectivity index is 1.97. The molecule has 5 nitrogen and oxygen atoms in total. The molecule has 5 heteroatoms. The number of methoxy groups -OCH3 is 1. The Morgan fingerprint density at radius 3 is 2.28 bits per heavy atom. The molecule has 1 aliphatic heterocycles. The summed E-state index contributed by atoms with van der Waals surface area (Å²) in [7, 11) is 1.60. The molecule has 0 aromatic heterocycles. The summed E-state index contributed by atoms with van der Waals surface area (Å²) in [5, 5.41) is 0. The number of hydrogen-bond donors (Lipinski definition) is 0. The van der Waals surface area contributed by atoms with Crippen molar-refractivity contribution in [3.63, 3.8) is 0 Å². The molecule has 0 N–H and O–H groups in total. The molecule has 0 radical (unpaired) electrons. The highest BCUT2D eigenvalue weighted by Gasteiger charge is 2.45. The van der Waals surface area contributed by atoms with Crippen molar-refractivity contribution < 1.29 is 19.1 Å². The summed E-state index contributed by atoms with van der Waals surface area (Å²) >= 11 is 0. The number of carbonyl (C=O) groups excluding carboxylic acids is 2. The Bertz CT molecular complexity index is 782. The molecule has 3 rings (SSSR count). The summed E-state index contributed by atoms with van der Waals surface area (Å²) in [4.78, 5) is 27.3. The zero-order valence-corrected chi connectivity index (χ0v) is 16.7. The highest BCUT2D eigenvalue weighted by molar-refractivity contribution is 5.95. The van der Waals surface area contributed by atoms with Crippen LogP contribution < -0.4 is 0 Å². The van der Waals surface area contributed by atoms with Crippen molar-refractivity contribution in [1.82, 2.24) is 4.90 Å². The van der Waals surface area contributed by atoms with Crippen LogP contribution in [0.1, 0.15) is 29.9 Å². The molecular weight excluding hydrogens is 366 g/mol. The zero-order chi connectivity index (χ0) is 20.6. The van der Waals surface area contributed by atoms with Crippen molar-refractivity contribution in [1.29, 1.82) is 0 Å². The lowest BCUT2D eigenvalue weighted by molar-refractivity contribution is -0.134. The second-order valence-corrected chi connectivity index (χ2v) is 7.15. The maximum atomic E-state index is 13.4. The number of carbonyl (C=O) groups is 2. The molecule has 2 amide bonds. The maximum Gasteiger partial charge on any atom is 0.417 e. The normalized spacial score (nSPS) is 17.2. The van der Waals surface area contributed by atoms with Gasteiger partial charge in [0.2, 0.25) is 5.91 Å². The van der Waals surface area contributed by atoms with E-state index in [1.165, 1.54) is 4.90 Å². The van der Waals surface area contributed by atoms with Crippen molar-refractivity contribution in [3.05, 3.63) is 84.4 Å². The first-order valence-corrected chi connectivity index (χ1v) is 9.87. The number of hydrogen-bond acceptors (Lipinski definition) is 4. The molecule has 152 valence electrons. The fraction of sp³-hybridized carbons (Fsp3) is 0.333. The third-order valence-electron chi connectivity index (χ3n) is 5.32. The van der Waals surface area contributed by atoms with Crippen molar-refractivity contribution in [3.8, 4) is 0 Å². The van der Waals surface area contributed by atoms with Crippen molar-refractivity contribution >= 4 is 12.0 Å². The minimum absolute atomic E-state index is 0.167. The van der Waals surface area contributed by atoms with Crippen LogP contribution in [-0.4, -0.2) is 43.3 Å². The van der Waals surface area contributed by atoms with Gasteiger partial charge < -0.3 is 9.47 Å². The van der Waals surface area contributed by atoms with Gasteiger partial charge in [0.25, 0.3) is 0 Å². The Morgan fingerprint density at radius 2 is 1.76 bits per heavy atom. The van der Waals surface area contributed by atoms with Crippen LogP contribution in [-0.2, 0) is 14.3 Å². The number of imide groups is 1. The molecule has 1 fully saturated rings. The van der Waals surface area contributed by atoms with Crippen molar-refractivity contribution in [2.45, 2.75) is 24.8 Å². The van der Waals surface area contributed by atoms with E-state index in [4.69, 9.17) is 9.47 Å². The third kappa shape index (κ3) is 4.74. The standard InChI is InChI=1S/C24H27NO4/c1-3-10-20(15-16-28-2)23(26)25-21(17-29-24(25)27)22(18-11-6-4-7-12-18)19-13-8-5-9-14-19/h3-9,11-14,20-22H,1,10,15-17H2,2H3/t20-,21+/m1/s1. The molecule has 0 unspecified atom stereocenters. The van der Waals surface area contributed by atoms with Crippen LogP contribution in [0, 0.1) is 5.92 Å². The van der Waals surface area contributed by atoms with Gasteiger partial charge in [-0.1, -0.05) is 66.7 Å². The average Bonchev–Trinajstić information content (AvgIpc) is 3.13. The van der Waals surface area contributed by atoms with Crippen LogP contribution in [0.25, 0.3) is 0 Å². The lowest BCUT2D eigenvalue weighted by atomic mass is 9.84. The van der Waals surface area contributed by atoms with Gasteiger partial charge in [0, 0.05) is 25.6 Å². The predicted molar refractivity (Wildman–Crippen MR) is 112 cm³/mol. The first-order valence-electron chi connectivity index (χ1n) is 9.87. The SMILES string of the molecule is C=CC[C@H](CCOC)C(=O)N1C(=O)OC[C@H]1C(c1ccccc1)c1ccccc1. The second kappa shape index (κ2) is 10.0. The smallest absolute Gasteiger partial charge is 0.417 e. The van der Waals surface area contributed by atoms with Gasteiger partial charge in [-0.3, -0.25) is 4.79 Å². The molecule has 2 aromatic carbocycles. The van der Waals surface area contributed by atoms with E-state index in [2.05, 4.69) is 6.58 Å². The topological polar surface area (TPSA) is 55.8 Å². The first kappa shape index (κ1) is 20.8. The Labute approximate surface area is 171 Å². The molecule has 0 saturated carbocycles. The van der Waals surface area contributed by atoms with Crippen LogP contribution >= 0.6 is 0 Å². The second-order valence-electron chi connectivity index (χ2n) is 7.15. The lowest BCUT2D eigenvalue weighted by Gasteiger charge is -2.30. The predicted octanol–water partition coefficient (Wildman–Crippen LogP) is 4.39. The minimum atomic E-state index is -0.580. The summed E-state index contributed by atoms with van der Waals surface area (Å²) < 4.78 is 10.5. The minimum Gasteiger partial charge on any atom is -0.447 e. The molecule has 0 spiro atoms. The highest BCUT2D eigenvalue weighted by atomic mass is 16.6. The van der Waals surface area contributed by atoms with Crippen LogP contribution in [0.5, 0.6) is 0 Å². The van der Waals surface area contributed by atoms with Crippen LogP contribution in [0.4, 0.5) is 4.79 Å². The van der Waals surface area contributed by atoms with E-state index >= 15 is 0 Å². The number of cyclic esters (lactones) is 1. The molecule has 0 aliphatic carbocycles. The highest BCUT2D eigenvalue weighted by Crippen LogP contribution is 2.35. The van der Waals surface area contributed by atoms with Crippen LogP contribution in [0.15, 0.2) is 73.3 Å². The van der Waals surface area contributed by atoms with E-state index in [0.29, 0.717) is 19.4 Å². The van der Waals surface area contributed by atoms with Gasteiger partial charge in [-0.05, 0) is 24.0 Å². The van der Waals surface area contributed by atoms with Gasteiger partial charge in [0.1, 0.15) is 6.61 Å². The van der Waals surface area contributed by atoms with Gasteiger partial charge in [-0.15, -0.1) is 6.58 Å². The van der Waals surface area contributed by atoms with Crippen molar-refractivity contribution in [2.75, 3.05) is 20.3 Å². The number of allylic oxidation sites excluding steroid dienone is 1. The average molecular weight is 393 g/mol. The van der Waals surface area contributed by atoms with E-state index in [1.807, 2.05) is 60.7 Å². The number of benzene rings is 2. The van der Waals surface area contributed by atoms with E-state index in [0.717, 1.165) is 11.1 Å². The number of amides is 2. The summed E-state index contributed by atoms with van der Waals surface area (Å²) in [5.74, 6) is -0.765. The van der Waals surface area contributed by atoms with Crippen molar-refractivity contribution in [2.24, 2.45) is 5.92 Å². The van der Waals surface area contributed by atoms with E-state index in [1.54, 1.807) is 13.2 Å². The molecule has 29 heavy (non-hydrogen) atoms. The van der Waals surface area contributed by atoms with E-state index in [9.17, 15) is 9.59 Å². The Kier molecular flexibility index (Phi) is 7.19. The molecule has 2 aromatic rings. The van der Waals surface area contributed by atoms with E-state index < -0.39 is 12.1 Å². The summed E-state index contributed by atoms with van der Waals surface area (Å²) in [6.07, 6.45) is 2.14. The fourth-order valence-electron chi connectivity index (χ4n) is 3.89. The summed E-state index contributed by atoms with van der Waals surface area (Å²) in [6.45, 7) is 4.37. The third-order valence-corrected chi connectivity index (χ3v) is 5.32. The van der Waals surface area contributed by atoms with Gasteiger partial charge >= 0.3 is 6.09 Å². The summed E-state index contributed by atoms with van der Waals surface area (Å²) in [5.41, 5.74) is 2.08. The molecule has 0 bridgehead atoms. The molecule has 1 aliphatic rings. The van der Waals surface area contributed by atoms with Gasteiger partial charge in [0.15, 0.2) is 0 Å². The number of nitrogens with zero attached hydrogens (tertiary/aromatic N) is 1. The first-order chi connectivity index (χ1) is 14.2. The largest absolute Gasteiger partial charge is 0.447 e. The van der Waals surface area contributed by atoms with E-state index in [-0.39, 0.29) is 24.3 Å². The molecular formula is C24H27NO4. The number of ether oxygens (including phenoxy) is 2. The molecule has 1 heterocycles. The van der Waals surface area contributed by atoms with Crippen LogP contribution in [0.3, 0.4) is 0 Å². The Morgan fingerprint density at radius 1 is 1.17 bits per heavy atom. The zero-order valence-electron chi connectivity index (χ0n) is 16.7. The monoisotopic (exact) mass is 393 g/mol. The maximum absolute atomic E-state index is 13.4. The number of rotatable bonds is 9. The molecule has 1 saturated heterocycles. The lowest BCUT2D eigenvalue weighted by Crippen LogP contribution is -2.45. The molecule has 2 atom stereocenters. The van der Waals surface area contributed by atoms with Gasteiger partial charge in [0.05, 0.1) is 6.04 Å². The van der Waals surface area contributed by atoms with Crippen LogP contribution in [0.2, 0.25) is 0 Å². The van der Waals surface area contributed by atoms with Gasteiger partial charge in [-0.25, -0.2) is 9.69 Å².